The van der Waals surface area contributed by atoms with E-state index in [0.29, 0.717) is 5.56 Å². The number of halogens is 3. The van der Waals surface area contributed by atoms with E-state index < -0.39 is 0 Å². The molecular formula is C13H10Br3NO. The molecule has 94 valence electrons. The number of rotatable bonds is 2. The molecule has 0 saturated heterocycles. The van der Waals surface area contributed by atoms with Gasteiger partial charge in [-0.3, -0.25) is 4.79 Å². The van der Waals surface area contributed by atoms with Crippen LogP contribution in [0.3, 0.4) is 0 Å². The summed E-state index contributed by atoms with van der Waals surface area (Å²) in [5.74, 6) is 0. The minimum atomic E-state index is 0.717. The van der Waals surface area contributed by atoms with Crippen LogP contribution < -0.4 is 0 Å². The minimum absolute atomic E-state index is 0.717. The summed E-state index contributed by atoms with van der Waals surface area (Å²) in [6.45, 7) is 3.93. The van der Waals surface area contributed by atoms with Crippen molar-refractivity contribution in [3.8, 4) is 5.69 Å². The Kier molecular flexibility index (Phi) is 4.14. The summed E-state index contributed by atoms with van der Waals surface area (Å²) in [5.41, 5.74) is 3.68. The van der Waals surface area contributed by atoms with Gasteiger partial charge < -0.3 is 4.57 Å². The van der Waals surface area contributed by atoms with Crippen LogP contribution in [-0.2, 0) is 0 Å². The molecule has 0 atom stereocenters. The first-order valence-electron chi connectivity index (χ1n) is 5.24. The van der Waals surface area contributed by atoms with Crippen LogP contribution in [0.1, 0.15) is 21.7 Å². The van der Waals surface area contributed by atoms with E-state index in [4.69, 9.17) is 0 Å². The zero-order valence-electron chi connectivity index (χ0n) is 9.80. The smallest absolute Gasteiger partial charge is 0.151 e. The Morgan fingerprint density at radius 1 is 1.06 bits per heavy atom. The maximum absolute atomic E-state index is 11.0. The zero-order valence-corrected chi connectivity index (χ0v) is 14.6. The van der Waals surface area contributed by atoms with Gasteiger partial charge in [0.15, 0.2) is 6.29 Å². The SMILES string of the molecule is Cc1cc(C=O)c(C)n1-c1c(Br)cc(Br)cc1Br. The number of benzene rings is 1. The number of carbonyl (C=O) groups excluding carboxylic acids is 1. The molecule has 1 heterocycles. The molecule has 0 aliphatic carbocycles. The van der Waals surface area contributed by atoms with Crippen molar-refractivity contribution in [2.24, 2.45) is 0 Å². The summed E-state index contributed by atoms with van der Waals surface area (Å²) in [4.78, 5) is 11.0. The van der Waals surface area contributed by atoms with Crippen LogP contribution in [0.25, 0.3) is 5.69 Å². The maximum atomic E-state index is 11.0. The van der Waals surface area contributed by atoms with Crippen molar-refractivity contribution in [1.82, 2.24) is 4.57 Å². The van der Waals surface area contributed by atoms with Crippen molar-refractivity contribution in [3.63, 3.8) is 0 Å². The van der Waals surface area contributed by atoms with Crippen LogP contribution in [0.5, 0.6) is 0 Å². The van der Waals surface area contributed by atoms with Gasteiger partial charge in [-0.05, 0) is 63.9 Å². The van der Waals surface area contributed by atoms with Crippen LogP contribution in [-0.4, -0.2) is 10.9 Å². The summed E-state index contributed by atoms with van der Waals surface area (Å²) in [7, 11) is 0. The maximum Gasteiger partial charge on any atom is 0.151 e. The van der Waals surface area contributed by atoms with Gasteiger partial charge in [-0.2, -0.15) is 0 Å². The number of aryl methyl sites for hydroxylation is 1. The molecule has 1 aromatic carbocycles. The van der Waals surface area contributed by atoms with Gasteiger partial charge in [0.25, 0.3) is 0 Å². The van der Waals surface area contributed by atoms with E-state index >= 15 is 0 Å². The molecule has 0 fully saturated rings. The summed E-state index contributed by atoms with van der Waals surface area (Å²) >= 11 is 10.6. The molecule has 0 amide bonds. The third kappa shape index (κ3) is 2.36. The van der Waals surface area contributed by atoms with E-state index in [1.54, 1.807) is 0 Å². The molecule has 0 aliphatic heterocycles. The Labute approximate surface area is 131 Å². The van der Waals surface area contributed by atoms with Crippen molar-refractivity contribution in [3.05, 3.63) is 48.6 Å². The van der Waals surface area contributed by atoms with Crippen LogP contribution in [0.15, 0.2) is 31.6 Å². The van der Waals surface area contributed by atoms with Crippen LogP contribution in [0.4, 0.5) is 0 Å². The predicted octanol–water partition coefficient (Wildman–Crippen LogP) is 5.19. The number of aldehydes is 1. The Bertz CT molecular complexity index is 608. The summed E-state index contributed by atoms with van der Waals surface area (Å²) in [6.07, 6.45) is 0.888. The lowest BCUT2D eigenvalue weighted by Gasteiger charge is -2.14. The van der Waals surface area contributed by atoms with Gasteiger partial charge in [-0.25, -0.2) is 0 Å². The second-order valence-electron chi connectivity index (χ2n) is 4.00. The van der Waals surface area contributed by atoms with Crippen molar-refractivity contribution < 1.29 is 4.79 Å². The highest BCUT2D eigenvalue weighted by Crippen LogP contribution is 2.35. The molecule has 0 aliphatic rings. The summed E-state index contributed by atoms with van der Waals surface area (Å²) in [6, 6.07) is 5.86. The Balaban J connectivity index is 2.77. The van der Waals surface area contributed by atoms with Gasteiger partial charge in [-0.15, -0.1) is 0 Å². The van der Waals surface area contributed by atoms with Crippen molar-refractivity contribution in [1.29, 1.82) is 0 Å². The molecule has 0 saturated carbocycles. The molecule has 0 bridgehead atoms. The first kappa shape index (κ1) is 14.0. The normalized spacial score (nSPS) is 10.7. The Hall–Kier alpha value is -0.390. The van der Waals surface area contributed by atoms with Gasteiger partial charge in [0, 0.05) is 30.4 Å². The molecular weight excluding hydrogens is 426 g/mol. The van der Waals surface area contributed by atoms with Crippen LogP contribution in [0.2, 0.25) is 0 Å². The molecule has 18 heavy (non-hydrogen) atoms. The second kappa shape index (κ2) is 5.31. The molecule has 5 heteroatoms. The molecule has 2 nitrogen and oxygen atoms in total. The number of hydrogen-bond donors (Lipinski definition) is 0. The van der Waals surface area contributed by atoms with E-state index in [1.165, 1.54) is 0 Å². The number of hydrogen-bond acceptors (Lipinski definition) is 1. The van der Waals surface area contributed by atoms with Crippen LogP contribution >= 0.6 is 47.8 Å². The molecule has 2 rings (SSSR count). The molecule has 0 radical (unpaired) electrons. The number of carbonyl (C=O) groups is 1. The highest BCUT2D eigenvalue weighted by atomic mass is 79.9. The van der Waals surface area contributed by atoms with Gasteiger partial charge in [0.2, 0.25) is 0 Å². The predicted molar refractivity (Wildman–Crippen MR) is 83.7 cm³/mol. The minimum Gasteiger partial charge on any atom is -0.316 e. The zero-order chi connectivity index (χ0) is 13.4. The topological polar surface area (TPSA) is 22.0 Å². The summed E-state index contributed by atoms with van der Waals surface area (Å²) in [5, 5.41) is 0. The van der Waals surface area contributed by atoms with Crippen molar-refractivity contribution in [2.45, 2.75) is 13.8 Å². The van der Waals surface area contributed by atoms with E-state index in [-0.39, 0.29) is 0 Å². The van der Waals surface area contributed by atoms with E-state index in [2.05, 4.69) is 52.4 Å². The second-order valence-corrected chi connectivity index (χ2v) is 6.62. The van der Waals surface area contributed by atoms with Gasteiger partial charge in [0.1, 0.15) is 0 Å². The number of aromatic nitrogens is 1. The summed E-state index contributed by atoms with van der Waals surface area (Å²) < 4.78 is 4.97. The van der Waals surface area contributed by atoms with Gasteiger partial charge >= 0.3 is 0 Å². The monoisotopic (exact) mass is 433 g/mol. The highest BCUT2D eigenvalue weighted by Gasteiger charge is 2.15. The fourth-order valence-electron chi connectivity index (χ4n) is 2.00. The lowest BCUT2D eigenvalue weighted by Crippen LogP contribution is -2.02. The van der Waals surface area contributed by atoms with Gasteiger partial charge in [-0.1, -0.05) is 15.9 Å². The lowest BCUT2D eigenvalue weighted by atomic mass is 10.2. The molecule has 0 N–H and O–H groups in total. The quantitative estimate of drug-likeness (QED) is 0.595. The molecule has 0 spiro atoms. The van der Waals surface area contributed by atoms with E-state index in [1.807, 2.05) is 32.0 Å². The first-order chi connectivity index (χ1) is 8.45. The average Bonchev–Trinajstić information content (AvgIpc) is 2.55. The van der Waals surface area contributed by atoms with E-state index in [0.717, 1.165) is 36.8 Å². The fraction of sp³-hybridized carbons (Fsp3) is 0.154. The third-order valence-electron chi connectivity index (χ3n) is 2.80. The molecule has 2 aromatic rings. The van der Waals surface area contributed by atoms with Gasteiger partial charge in [0.05, 0.1) is 5.69 Å². The average molecular weight is 436 g/mol. The largest absolute Gasteiger partial charge is 0.316 e. The fourth-order valence-corrected chi connectivity index (χ4v) is 4.61. The van der Waals surface area contributed by atoms with Crippen molar-refractivity contribution in [2.75, 3.05) is 0 Å². The number of nitrogens with zero attached hydrogens (tertiary/aromatic N) is 1. The standard InChI is InChI=1S/C13H10Br3NO/c1-7-3-9(6-18)8(2)17(7)13-11(15)4-10(14)5-12(13)16/h3-6H,1-2H3. The highest BCUT2D eigenvalue weighted by molar-refractivity contribution is 9.11. The molecule has 0 unspecified atom stereocenters. The van der Waals surface area contributed by atoms with Crippen LogP contribution in [0, 0.1) is 13.8 Å². The Morgan fingerprint density at radius 3 is 2.06 bits per heavy atom. The molecule has 1 aromatic heterocycles. The third-order valence-corrected chi connectivity index (χ3v) is 4.47. The van der Waals surface area contributed by atoms with E-state index in [9.17, 15) is 4.79 Å². The Morgan fingerprint density at radius 2 is 1.61 bits per heavy atom. The first-order valence-corrected chi connectivity index (χ1v) is 7.62. The van der Waals surface area contributed by atoms with Crippen molar-refractivity contribution >= 4 is 54.1 Å². The lowest BCUT2D eigenvalue weighted by molar-refractivity contribution is 0.112.